The molecule has 0 aliphatic rings. The van der Waals surface area contributed by atoms with Crippen molar-refractivity contribution in [2.75, 3.05) is 0 Å². The van der Waals surface area contributed by atoms with Gasteiger partial charge >= 0.3 is 5.92 Å². The van der Waals surface area contributed by atoms with E-state index in [1.807, 2.05) is 0 Å². The molecule has 0 N–H and O–H groups in total. The number of halogens is 4. The van der Waals surface area contributed by atoms with E-state index >= 15 is 0 Å². The van der Waals surface area contributed by atoms with Crippen LogP contribution in [0.25, 0.3) is 11.0 Å². The van der Waals surface area contributed by atoms with Gasteiger partial charge in [0.25, 0.3) is 0 Å². The van der Waals surface area contributed by atoms with Gasteiger partial charge < -0.3 is 0 Å². The molecule has 0 spiro atoms. The van der Waals surface area contributed by atoms with E-state index in [2.05, 4.69) is 16.5 Å². The first kappa shape index (κ1) is 12.2. The van der Waals surface area contributed by atoms with E-state index < -0.39 is 11.6 Å². The molecule has 1 aromatic carbocycles. The summed E-state index contributed by atoms with van der Waals surface area (Å²) in [5, 5.41) is 0.0794. The molecule has 17 heavy (non-hydrogen) atoms. The van der Waals surface area contributed by atoms with Gasteiger partial charge in [-0.3, -0.25) is 0 Å². The summed E-state index contributed by atoms with van der Waals surface area (Å²) in [5.74, 6) is -3.31. The highest BCUT2D eigenvalue weighted by molar-refractivity contribution is 6.31. The zero-order valence-corrected chi connectivity index (χ0v) is 9.93. The number of aromatic nitrogens is 2. The lowest BCUT2D eigenvalue weighted by atomic mass is 10.2. The van der Waals surface area contributed by atoms with E-state index in [0.717, 1.165) is 0 Å². The van der Waals surface area contributed by atoms with Gasteiger partial charge in [0.15, 0.2) is 10.8 Å². The number of nitrogens with zero attached hydrogens (tertiary/aromatic N) is 2. The summed E-state index contributed by atoms with van der Waals surface area (Å²) in [5.41, 5.74) is 0.0606. The lowest BCUT2D eigenvalue weighted by Gasteiger charge is -2.12. The van der Waals surface area contributed by atoms with Crippen LogP contribution in [-0.4, -0.2) is 9.97 Å². The van der Waals surface area contributed by atoms with Crippen LogP contribution in [0.15, 0.2) is 30.9 Å². The van der Waals surface area contributed by atoms with Crippen LogP contribution >= 0.6 is 23.2 Å². The largest absolute Gasteiger partial charge is 0.310 e. The molecule has 88 valence electrons. The number of hydrogen-bond donors (Lipinski definition) is 0. The average Bonchev–Trinajstić information content (AvgIpc) is 2.27. The topological polar surface area (TPSA) is 25.8 Å². The first-order valence-electron chi connectivity index (χ1n) is 4.59. The molecule has 0 saturated carbocycles. The maximum absolute atomic E-state index is 13.4. The smallest absolute Gasteiger partial charge is 0.241 e. The third-order valence-corrected chi connectivity index (χ3v) is 2.65. The number of benzene rings is 1. The van der Waals surface area contributed by atoms with Crippen LogP contribution < -0.4 is 0 Å². The Bertz CT molecular complexity index is 599. The summed E-state index contributed by atoms with van der Waals surface area (Å²) in [6.07, 6.45) is 0.477. The highest BCUT2D eigenvalue weighted by Crippen LogP contribution is 2.33. The summed E-state index contributed by atoms with van der Waals surface area (Å²) in [6.45, 7) is 3.05. The van der Waals surface area contributed by atoms with Crippen LogP contribution in [0.3, 0.4) is 0 Å². The lowest BCUT2D eigenvalue weighted by molar-refractivity contribution is 0.0477. The van der Waals surface area contributed by atoms with Gasteiger partial charge in [-0.15, -0.1) is 0 Å². The van der Waals surface area contributed by atoms with Gasteiger partial charge in [-0.05, 0) is 24.3 Å². The lowest BCUT2D eigenvalue weighted by Crippen LogP contribution is -2.13. The van der Waals surface area contributed by atoms with Crippen molar-refractivity contribution >= 4 is 34.2 Å². The molecule has 0 amide bonds. The van der Waals surface area contributed by atoms with E-state index in [9.17, 15) is 8.78 Å². The molecule has 0 bridgehead atoms. The molecule has 1 aromatic heterocycles. The minimum atomic E-state index is -3.31. The Morgan fingerprint density at radius 2 is 1.88 bits per heavy atom. The van der Waals surface area contributed by atoms with Crippen molar-refractivity contribution in [3.8, 4) is 0 Å². The molecule has 2 nitrogen and oxygen atoms in total. The molecule has 6 heteroatoms. The van der Waals surface area contributed by atoms with Crippen LogP contribution in [0.5, 0.6) is 0 Å². The number of hydrogen-bond acceptors (Lipinski definition) is 2. The average molecular weight is 275 g/mol. The van der Waals surface area contributed by atoms with Gasteiger partial charge in [0, 0.05) is 5.02 Å². The Morgan fingerprint density at radius 3 is 2.53 bits per heavy atom. The van der Waals surface area contributed by atoms with E-state index in [-0.39, 0.29) is 5.15 Å². The summed E-state index contributed by atoms with van der Waals surface area (Å²) < 4.78 is 26.8. The Hall–Kier alpha value is -1.26. The Kier molecular flexibility index (Phi) is 3.02. The van der Waals surface area contributed by atoms with Crippen LogP contribution in [0.4, 0.5) is 8.78 Å². The summed E-state index contributed by atoms with van der Waals surface area (Å²) in [6, 6.07) is 4.55. The van der Waals surface area contributed by atoms with Crippen LogP contribution in [0, 0.1) is 0 Å². The highest BCUT2D eigenvalue weighted by Gasteiger charge is 2.33. The number of rotatable bonds is 2. The second-order valence-corrected chi connectivity index (χ2v) is 4.12. The highest BCUT2D eigenvalue weighted by atomic mass is 35.5. The Balaban J connectivity index is 2.72. The van der Waals surface area contributed by atoms with Crippen molar-refractivity contribution in [2.45, 2.75) is 5.92 Å². The van der Waals surface area contributed by atoms with Gasteiger partial charge in [0.05, 0.1) is 11.0 Å². The fraction of sp³-hybridized carbons (Fsp3) is 0.0909. The Labute approximate surface area is 106 Å². The van der Waals surface area contributed by atoms with Crippen molar-refractivity contribution in [1.82, 2.24) is 9.97 Å². The SMILES string of the molecule is C=CC(F)(F)c1nc2ccc(Cl)cc2nc1Cl. The summed E-state index contributed by atoms with van der Waals surface area (Å²) in [4.78, 5) is 7.63. The fourth-order valence-electron chi connectivity index (χ4n) is 1.31. The quantitative estimate of drug-likeness (QED) is 0.767. The van der Waals surface area contributed by atoms with Crippen molar-refractivity contribution in [2.24, 2.45) is 0 Å². The molecule has 0 atom stereocenters. The molecule has 1 heterocycles. The third kappa shape index (κ3) is 2.23. The number of alkyl halides is 2. The van der Waals surface area contributed by atoms with Gasteiger partial charge in [0.1, 0.15) is 0 Å². The molecular formula is C11H6Cl2F2N2. The van der Waals surface area contributed by atoms with Gasteiger partial charge in [-0.25, -0.2) is 9.97 Å². The molecule has 2 rings (SSSR count). The molecule has 0 aliphatic carbocycles. The summed E-state index contributed by atoms with van der Waals surface area (Å²) >= 11 is 11.4. The van der Waals surface area contributed by atoms with Gasteiger partial charge in [0.2, 0.25) is 0 Å². The molecule has 0 aliphatic heterocycles. The van der Waals surface area contributed by atoms with Crippen LogP contribution in [0.2, 0.25) is 10.2 Å². The standard InChI is InChI=1S/C11H6Cl2F2N2/c1-2-11(14,15)9-10(13)17-8-5-6(12)3-4-7(8)16-9/h2-5H,1H2. The third-order valence-electron chi connectivity index (χ3n) is 2.16. The minimum Gasteiger partial charge on any atom is -0.241 e. The van der Waals surface area contributed by atoms with Crippen LogP contribution in [-0.2, 0) is 5.92 Å². The predicted octanol–water partition coefficient (Wildman–Crippen LogP) is 4.21. The first-order valence-corrected chi connectivity index (χ1v) is 5.34. The number of allylic oxidation sites excluding steroid dienone is 1. The van der Waals surface area contributed by atoms with E-state index in [1.165, 1.54) is 12.1 Å². The van der Waals surface area contributed by atoms with Crippen molar-refractivity contribution in [3.63, 3.8) is 0 Å². The van der Waals surface area contributed by atoms with E-state index in [0.29, 0.717) is 22.1 Å². The van der Waals surface area contributed by atoms with Crippen LogP contribution in [0.1, 0.15) is 5.69 Å². The normalized spacial score (nSPS) is 11.8. The Morgan fingerprint density at radius 1 is 1.18 bits per heavy atom. The van der Waals surface area contributed by atoms with E-state index in [4.69, 9.17) is 23.2 Å². The second kappa shape index (κ2) is 4.20. The number of fused-ring (bicyclic) bond motifs is 1. The molecule has 0 saturated heterocycles. The monoisotopic (exact) mass is 274 g/mol. The van der Waals surface area contributed by atoms with Crippen molar-refractivity contribution < 1.29 is 8.78 Å². The minimum absolute atomic E-state index is 0.301. The molecule has 2 aromatic rings. The van der Waals surface area contributed by atoms with Crippen molar-refractivity contribution in [3.05, 3.63) is 46.7 Å². The molecule has 0 unspecified atom stereocenters. The maximum Gasteiger partial charge on any atom is 0.310 e. The van der Waals surface area contributed by atoms with Gasteiger partial charge in [-0.1, -0.05) is 29.8 Å². The molecular weight excluding hydrogens is 269 g/mol. The fourth-order valence-corrected chi connectivity index (χ4v) is 1.74. The second-order valence-electron chi connectivity index (χ2n) is 3.32. The van der Waals surface area contributed by atoms with E-state index in [1.54, 1.807) is 6.07 Å². The maximum atomic E-state index is 13.4. The predicted molar refractivity (Wildman–Crippen MR) is 63.6 cm³/mol. The molecule has 0 fully saturated rings. The van der Waals surface area contributed by atoms with Gasteiger partial charge in [-0.2, -0.15) is 8.78 Å². The zero-order chi connectivity index (χ0) is 12.6. The molecule has 0 radical (unpaired) electrons. The zero-order valence-electron chi connectivity index (χ0n) is 8.42. The first-order chi connectivity index (χ1) is 7.94. The summed E-state index contributed by atoms with van der Waals surface area (Å²) in [7, 11) is 0. The van der Waals surface area contributed by atoms with Crippen molar-refractivity contribution in [1.29, 1.82) is 0 Å².